The molecule has 1 saturated heterocycles. The quantitative estimate of drug-likeness (QED) is 0.178. The first kappa shape index (κ1) is 26.6. The molecule has 0 spiro atoms. The van der Waals surface area contributed by atoms with Gasteiger partial charge in [0.05, 0.1) is 11.8 Å². The molecule has 1 aliphatic rings. The number of nitrogens with one attached hydrogen (secondary N) is 3. The number of piperidine rings is 1. The molecule has 168 valence electrons. The summed E-state index contributed by atoms with van der Waals surface area (Å²) in [5.74, 6) is 1.68. The Balaban J connectivity index is 0.00000420. The van der Waals surface area contributed by atoms with Crippen molar-refractivity contribution < 1.29 is 8.42 Å². The van der Waals surface area contributed by atoms with E-state index in [2.05, 4.69) is 49.7 Å². The van der Waals surface area contributed by atoms with Crippen LogP contribution in [0.5, 0.6) is 0 Å². The molecule has 1 fully saturated rings. The predicted octanol–water partition coefficient (Wildman–Crippen LogP) is 2.63. The molecule has 29 heavy (non-hydrogen) atoms. The molecule has 0 aliphatic carbocycles. The second kappa shape index (κ2) is 13.8. The molecule has 1 unspecified atom stereocenters. The molecular formula is C19H36IN5O2S2. The van der Waals surface area contributed by atoms with Crippen LogP contribution in [0.2, 0.25) is 0 Å². The monoisotopic (exact) mass is 557 g/mol. The van der Waals surface area contributed by atoms with Gasteiger partial charge in [0.25, 0.3) is 0 Å². The van der Waals surface area contributed by atoms with Crippen molar-refractivity contribution in [3.63, 3.8) is 0 Å². The standard InChI is InChI=1S/C19H35N5O2S2.HI/c1-4-28(25,26)23-11-6-10-21-19(20-3)22-15-17(18-7-5-14-27-18)24-12-8-16(2)9-13-24;/h5,7,14,16-17,23H,4,6,8-13,15H2,1-3H3,(H2,20,21,22);1H. The highest BCUT2D eigenvalue weighted by Gasteiger charge is 2.25. The van der Waals surface area contributed by atoms with Crippen LogP contribution in [0.1, 0.15) is 44.0 Å². The lowest BCUT2D eigenvalue weighted by Gasteiger charge is -2.36. The number of nitrogens with zero attached hydrogens (tertiary/aromatic N) is 2. The van der Waals surface area contributed by atoms with Gasteiger partial charge in [-0.15, -0.1) is 35.3 Å². The minimum atomic E-state index is -3.12. The van der Waals surface area contributed by atoms with Gasteiger partial charge in [-0.25, -0.2) is 13.1 Å². The summed E-state index contributed by atoms with van der Waals surface area (Å²) in [4.78, 5) is 8.26. The van der Waals surface area contributed by atoms with E-state index < -0.39 is 10.0 Å². The maximum absolute atomic E-state index is 11.4. The molecular weight excluding hydrogens is 521 g/mol. The summed E-state index contributed by atoms with van der Waals surface area (Å²) < 4.78 is 25.5. The Kier molecular flexibility index (Phi) is 12.7. The Bertz CT molecular complexity index is 689. The zero-order valence-corrected chi connectivity index (χ0v) is 21.6. The number of likely N-dealkylation sites (tertiary alicyclic amines) is 1. The van der Waals surface area contributed by atoms with Crippen molar-refractivity contribution in [1.29, 1.82) is 0 Å². The number of rotatable bonds is 10. The van der Waals surface area contributed by atoms with E-state index in [-0.39, 0.29) is 29.7 Å². The molecule has 2 rings (SSSR count). The number of hydrogen-bond donors (Lipinski definition) is 3. The number of guanidine groups is 1. The van der Waals surface area contributed by atoms with Gasteiger partial charge in [0, 0.05) is 31.6 Å². The van der Waals surface area contributed by atoms with E-state index in [1.165, 1.54) is 17.7 Å². The third-order valence-electron chi connectivity index (χ3n) is 5.17. The Labute approximate surface area is 197 Å². The molecule has 7 nitrogen and oxygen atoms in total. The van der Waals surface area contributed by atoms with Crippen molar-refractivity contribution in [2.75, 3.05) is 45.5 Å². The second-order valence-corrected chi connectivity index (χ2v) is 10.4. The highest BCUT2D eigenvalue weighted by atomic mass is 127. The van der Waals surface area contributed by atoms with E-state index >= 15 is 0 Å². The van der Waals surface area contributed by atoms with Crippen LogP contribution in [0.15, 0.2) is 22.5 Å². The minimum Gasteiger partial charge on any atom is -0.356 e. The number of sulfonamides is 1. The van der Waals surface area contributed by atoms with Gasteiger partial charge in [0.2, 0.25) is 10.0 Å². The second-order valence-electron chi connectivity index (χ2n) is 7.28. The minimum absolute atomic E-state index is 0. The topological polar surface area (TPSA) is 85.8 Å². The molecule has 3 N–H and O–H groups in total. The molecule has 0 aromatic carbocycles. The first-order chi connectivity index (χ1) is 13.4. The third kappa shape index (κ3) is 9.50. The fourth-order valence-electron chi connectivity index (χ4n) is 3.27. The third-order valence-corrected chi connectivity index (χ3v) is 7.54. The first-order valence-corrected chi connectivity index (χ1v) is 12.7. The number of aliphatic imine (C=N–C) groups is 1. The summed E-state index contributed by atoms with van der Waals surface area (Å²) in [5, 5.41) is 8.86. The fraction of sp³-hybridized carbons (Fsp3) is 0.737. The van der Waals surface area contributed by atoms with Crippen LogP contribution < -0.4 is 15.4 Å². The van der Waals surface area contributed by atoms with Gasteiger partial charge < -0.3 is 10.6 Å². The lowest BCUT2D eigenvalue weighted by molar-refractivity contribution is 0.140. The zero-order valence-electron chi connectivity index (χ0n) is 17.7. The van der Waals surface area contributed by atoms with Crippen molar-refractivity contribution in [2.45, 2.75) is 39.2 Å². The highest BCUT2D eigenvalue weighted by molar-refractivity contribution is 14.0. The molecule has 0 bridgehead atoms. The van der Waals surface area contributed by atoms with Gasteiger partial charge in [-0.05, 0) is 56.6 Å². The van der Waals surface area contributed by atoms with E-state index in [1.54, 1.807) is 25.3 Å². The number of thiophene rings is 1. The van der Waals surface area contributed by atoms with Gasteiger partial charge in [-0.2, -0.15) is 0 Å². The fourth-order valence-corrected chi connectivity index (χ4v) is 4.79. The highest BCUT2D eigenvalue weighted by Crippen LogP contribution is 2.28. The average molecular weight is 558 g/mol. The Morgan fingerprint density at radius 1 is 1.31 bits per heavy atom. The van der Waals surface area contributed by atoms with Crippen LogP contribution in [-0.2, 0) is 10.0 Å². The lowest BCUT2D eigenvalue weighted by Crippen LogP contribution is -2.45. The molecule has 0 amide bonds. The molecule has 0 radical (unpaired) electrons. The van der Waals surface area contributed by atoms with E-state index in [0.717, 1.165) is 31.5 Å². The Morgan fingerprint density at radius 3 is 2.62 bits per heavy atom. The molecule has 1 aromatic rings. The van der Waals surface area contributed by atoms with Crippen molar-refractivity contribution in [1.82, 2.24) is 20.3 Å². The predicted molar refractivity (Wildman–Crippen MR) is 134 cm³/mol. The van der Waals surface area contributed by atoms with Crippen LogP contribution in [0, 0.1) is 5.92 Å². The van der Waals surface area contributed by atoms with Gasteiger partial charge >= 0.3 is 0 Å². The molecule has 1 atom stereocenters. The van der Waals surface area contributed by atoms with Crippen LogP contribution in [0.4, 0.5) is 0 Å². The van der Waals surface area contributed by atoms with Crippen LogP contribution in [0.25, 0.3) is 0 Å². The maximum atomic E-state index is 11.4. The molecule has 1 aliphatic heterocycles. The average Bonchev–Trinajstić information content (AvgIpc) is 3.22. The van der Waals surface area contributed by atoms with Gasteiger partial charge in [-0.3, -0.25) is 9.89 Å². The van der Waals surface area contributed by atoms with E-state index in [9.17, 15) is 8.42 Å². The molecule has 0 saturated carbocycles. The Morgan fingerprint density at radius 2 is 2.03 bits per heavy atom. The summed E-state index contributed by atoms with van der Waals surface area (Å²) >= 11 is 1.81. The maximum Gasteiger partial charge on any atom is 0.211 e. The van der Waals surface area contributed by atoms with E-state index in [4.69, 9.17) is 0 Å². The summed E-state index contributed by atoms with van der Waals surface area (Å²) in [6, 6.07) is 4.68. The molecule has 10 heteroatoms. The normalized spacial score (nSPS) is 17.6. The summed E-state index contributed by atoms with van der Waals surface area (Å²) in [7, 11) is -1.36. The number of hydrogen-bond acceptors (Lipinski definition) is 5. The Hall–Kier alpha value is -0.430. The van der Waals surface area contributed by atoms with Crippen molar-refractivity contribution in [2.24, 2.45) is 10.9 Å². The van der Waals surface area contributed by atoms with Crippen molar-refractivity contribution in [3.8, 4) is 0 Å². The smallest absolute Gasteiger partial charge is 0.211 e. The zero-order chi connectivity index (χ0) is 20.4. The van der Waals surface area contributed by atoms with Crippen molar-refractivity contribution in [3.05, 3.63) is 22.4 Å². The largest absolute Gasteiger partial charge is 0.356 e. The first-order valence-electron chi connectivity index (χ1n) is 10.1. The summed E-state index contributed by atoms with van der Waals surface area (Å²) in [6.45, 7) is 8.14. The number of halogens is 1. The van der Waals surface area contributed by atoms with Crippen molar-refractivity contribution >= 4 is 51.3 Å². The SMILES string of the molecule is CCS(=O)(=O)NCCCNC(=NC)NCC(c1cccs1)N1CCC(C)CC1.I. The summed E-state index contributed by atoms with van der Waals surface area (Å²) in [5.41, 5.74) is 0. The molecule has 2 heterocycles. The van der Waals surface area contributed by atoms with Gasteiger partial charge in [-0.1, -0.05) is 13.0 Å². The summed E-state index contributed by atoms with van der Waals surface area (Å²) in [6.07, 6.45) is 3.21. The molecule has 1 aromatic heterocycles. The van der Waals surface area contributed by atoms with Gasteiger partial charge in [0.15, 0.2) is 5.96 Å². The van der Waals surface area contributed by atoms with Crippen LogP contribution >= 0.6 is 35.3 Å². The van der Waals surface area contributed by atoms with E-state index in [0.29, 0.717) is 25.6 Å². The lowest BCUT2D eigenvalue weighted by atomic mass is 9.97. The van der Waals surface area contributed by atoms with Crippen LogP contribution in [-0.4, -0.2) is 64.8 Å². The van der Waals surface area contributed by atoms with Crippen LogP contribution in [0.3, 0.4) is 0 Å². The van der Waals surface area contributed by atoms with Gasteiger partial charge in [0.1, 0.15) is 0 Å². The van der Waals surface area contributed by atoms with E-state index in [1.807, 2.05) is 0 Å².